The van der Waals surface area contributed by atoms with Crippen LogP contribution in [0.4, 0.5) is 13.2 Å². The molecule has 0 radical (unpaired) electrons. The van der Waals surface area contributed by atoms with Crippen molar-refractivity contribution in [1.82, 2.24) is 25.8 Å². The van der Waals surface area contributed by atoms with Crippen molar-refractivity contribution in [2.45, 2.75) is 78.7 Å². The second kappa shape index (κ2) is 12.0. The van der Waals surface area contributed by atoms with E-state index in [9.17, 15) is 37.1 Å². The van der Waals surface area contributed by atoms with E-state index in [1.807, 2.05) is 19.2 Å². The molecule has 4 rings (SSSR count). The molecule has 44 heavy (non-hydrogen) atoms. The Labute approximate surface area is 254 Å². The van der Waals surface area contributed by atoms with Crippen molar-refractivity contribution in [3.63, 3.8) is 0 Å². The number of aryl methyl sites for hydroxylation is 1. The number of likely N-dealkylation sites (tertiary alicyclic amines) is 1. The number of Topliss-reactive ketones (excluding diaryl/α,β-unsaturated/α-hetero) is 1. The molecule has 0 unspecified atom stereocenters. The number of ether oxygens (including phenoxy) is 1. The Hall–Kier alpha value is -3.71. The van der Waals surface area contributed by atoms with E-state index in [1.165, 1.54) is 31.9 Å². The van der Waals surface area contributed by atoms with E-state index in [-0.39, 0.29) is 36.1 Å². The summed E-state index contributed by atoms with van der Waals surface area (Å²) in [5.74, 6) is -5.05. The van der Waals surface area contributed by atoms with E-state index in [0.29, 0.717) is 18.7 Å². The number of nitrogens with zero attached hydrogens (tertiary/aromatic N) is 2. The summed E-state index contributed by atoms with van der Waals surface area (Å²) in [6.45, 7) is 10.4. The number of carbonyl (C=O) groups is 5. The van der Waals surface area contributed by atoms with E-state index in [2.05, 4.69) is 15.6 Å². The standard InChI is InChI=1S/C30H40F3N5O6/c1-15-7-8-17(12-35-15)44-14-20(39)19(11-16-9-10-34-24(16)40)36-25(41)22-21-18(29(21,5)6)13-38(22)26(42)23(28(2,3)4)37-27(43)30(31,32)33/h7-8,12,16,18-19,21-23H,9-11,13-14H2,1-6H3,(H,34,40)(H,36,41)(H,37,43)/t16-,18-,19-,21-,22-,23+/m0/s1. The van der Waals surface area contributed by atoms with Crippen LogP contribution in [0, 0.1) is 35.5 Å². The van der Waals surface area contributed by atoms with Crippen molar-refractivity contribution in [3.8, 4) is 5.75 Å². The molecule has 3 heterocycles. The molecule has 2 saturated heterocycles. The maximum absolute atomic E-state index is 13.9. The number of aromatic nitrogens is 1. The van der Waals surface area contributed by atoms with Gasteiger partial charge in [0.25, 0.3) is 0 Å². The van der Waals surface area contributed by atoms with Crippen LogP contribution in [0.2, 0.25) is 0 Å². The molecule has 3 aliphatic rings. The Balaban J connectivity index is 1.56. The minimum atomic E-state index is -5.20. The number of carbonyl (C=O) groups excluding carboxylic acids is 5. The molecule has 1 aromatic rings. The van der Waals surface area contributed by atoms with Gasteiger partial charge in [-0.1, -0.05) is 34.6 Å². The highest BCUT2D eigenvalue weighted by Gasteiger charge is 2.70. The highest BCUT2D eigenvalue weighted by molar-refractivity contribution is 5.97. The van der Waals surface area contributed by atoms with Crippen LogP contribution in [0.15, 0.2) is 18.3 Å². The Morgan fingerprint density at radius 2 is 1.84 bits per heavy atom. The summed E-state index contributed by atoms with van der Waals surface area (Å²) in [5.41, 5.74) is -0.695. The number of hydrogen-bond acceptors (Lipinski definition) is 7. The second-order valence-corrected chi connectivity index (χ2v) is 13.6. The number of ketones is 1. The average molecular weight is 624 g/mol. The molecule has 2 aliphatic heterocycles. The van der Waals surface area contributed by atoms with Gasteiger partial charge in [-0.2, -0.15) is 13.2 Å². The monoisotopic (exact) mass is 623 g/mol. The van der Waals surface area contributed by atoms with Crippen molar-refractivity contribution in [3.05, 3.63) is 24.0 Å². The van der Waals surface area contributed by atoms with Crippen LogP contribution in [-0.4, -0.2) is 83.3 Å². The number of fused-ring (bicyclic) bond motifs is 1. The summed E-state index contributed by atoms with van der Waals surface area (Å²) in [7, 11) is 0. The Morgan fingerprint density at radius 1 is 1.16 bits per heavy atom. The van der Waals surface area contributed by atoms with Gasteiger partial charge < -0.3 is 25.6 Å². The van der Waals surface area contributed by atoms with Gasteiger partial charge in [0.05, 0.1) is 12.2 Å². The molecular weight excluding hydrogens is 583 g/mol. The number of hydrogen-bond donors (Lipinski definition) is 3. The molecule has 242 valence electrons. The molecule has 1 saturated carbocycles. The molecule has 0 aromatic carbocycles. The van der Waals surface area contributed by atoms with Gasteiger partial charge in [-0.05, 0) is 54.6 Å². The van der Waals surface area contributed by atoms with Crippen LogP contribution >= 0.6 is 0 Å². The molecule has 0 bridgehead atoms. The van der Waals surface area contributed by atoms with Gasteiger partial charge in [0, 0.05) is 24.7 Å². The zero-order valence-corrected chi connectivity index (χ0v) is 25.7. The lowest BCUT2D eigenvalue weighted by Crippen LogP contribution is -2.61. The number of halogens is 3. The second-order valence-electron chi connectivity index (χ2n) is 13.6. The SMILES string of the molecule is Cc1ccc(OCC(=O)[C@H](C[C@@H]2CCNC2=O)NC(=O)[C@@H]2[C@@H]3[C@H](CN2C(=O)[C@@H](NC(=O)C(F)(F)F)C(C)(C)C)C3(C)C)cn1. The van der Waals surface area contributed by atoms with Crippen LogP contribution in [-0.2, 0) is 24.0 Å². The van der Waals surface area contributed by atoms with E-state index in [1.54, 1.807) is 19.1 Å². The number of piperidine rings is 1. The van der Waals surface area contributed by atoms with Crippen LogP contribution in [0.25, 0.3) is 0 Å². The van der Waals surface area contributed by atoms with E-state index < -0.39 is 65.7 Å². The predicted octanol–water partition coefficient (Wildman–Crippen LogP) is 1.93. The molecule has 3 fully saturated rings. The molecule has 6 atom stereocenters. The fraction of sp³-hybridized carbons (Fsp3) is 0.667. The van der Waals surface area contributed by atoms with Gasteiger partial charge >= 0.3 is 12.1 Å². The molecule has 4 amide bonds. The van der Waals surface area contributed by atoms with Crippen molar-refractivity contribution in [2.75, 3.05) is 19.7 Å². The number of amides is 4. The first-order chi connectivity index (χ1) is 20.3. The van der Waals surface area contributed by atoms with E-state index in [0.717, 1.165) is 5.69 Å². The minimum Gasteiger partial charge on any atom is -0.484 e. The maximum atomic E-state index is 13.9. The van der Waals surface area contributed by atoms with Crippen LogP contribution in [0.1, 0.15) is 53.2 Å². The highest BCUT2D eigenvalue weighted by Crippen LogP contribution is 2.65. The zero-order valence-electron chi connectivity index (χ0n) is 25.7. The molecule has 1 aliphatic carbocycles. The normalized spacial score (nSPS) is 25.4. The van der Waals surface area contributed by atoms with E-state index >= 15 is 0 Å². The van der Waals surface area contributed by atoms with Gasteiger partial charge in [-0.15, -0.1) is 0 Å². The van der Waals surface area contributed by atoms with Crippen LogP contribution < -0.4 is 20.7 Å². The summed E-state index contributed by atoms with van der Waals surface area (Å²) in [6, 6.07) is -0.429. The summed E-state index contributed by atoms with van der Waals surface area (Å²) in [4.78, 5) is 70.7. The van der Waals surface area contributed by atoms with Crippen molar-refractivity contribution in [2.24, 2.45) is 28.6 Å². The Bertz CT molecular complexity index is 1310. The number of alkyl halides is 3. The van der Waals surface area contributed by atoms with Crippen molar-refractivity contribution in [1.29, 1.82) is 0 Å². The fourth-order valence-corrected chi connectivity index (χ4v) is 6.32. The smallest absolute Gasteiger partial charge is 0.471 e. The summed E-state index contributed by atoms with van der Waals surface area (Å²) in [6.07, 6.45) is -3.26. The molecule has 0 spiro atoms. The molecule has 14 heteroatoms. The Morgan fingerprint density at radius 3 is 2.39 bits per heavy atom. The van der Waals surface area contributed by atoms with E-state index in [4.69, 9.17) is 4.74 Å². The first-order valence-electron chi connectivity index (χ1n) is 14.7. The highest BCUT2D eigenvalue weighted by atomic mass is 19.4. The zero-order chi connectivity index (χ0) is 32.8. The summed E-state index contributed by atoms with van der Waals surface area (Å²) >= 11 is 0. The van der Waals surface area contributed by atoms with Gasteiger partial charge in [0.2, 0.25) is 17.7 Å². The largest absolute Gasteiger partial charge is 0.484 e. The maximum Gasteiger partial charge on any atom is 0.471 e. The predicted molar refractivity (Wildman–Crippen MR) is 151 cm³/mol. The minimum absolute atomic E-state index is 0.0102. The number of pyridine rings is 1. The summed E-state index contributed by atoms with van der Waals surface area (Å²) in [5, 5.41) is 7.29. The van der Waals surface area contributed by atoms with Crippen molar-refractivity contribution >= 4 is 29.4 Å². The van der Waals surface area contributed by atoms with Gasteiger partial charge in [0.15, 0.2) is 5.78 Å². The van der Waals surface area contributed by atoms with Gasteiger partial charge in [-0.25, -0.2) is 0 Å². The van der Waals surface area contributed by atoms with Crippen LogP contribution in [0.5, 0.6) is 5.75 Å². The third-order valence-corrected chi connectivity index (χ3v) is 9.06. The lowest BCUT2D eigenvalue weighted by Gasteiger charge is -2.38. The topological polar surface area (TPSA) is 147 Å². The Kier molecular flexibility index (Phi) is 9.05. The molecule has 3 N–H and O–H groups in total. The van der Waals surface area contributed by atoms with Crippen molar-refractivity contribution < 1.29 is 41.9 Å². The molecular formula is C30H40F3N5O6. The average Bonchev–Trinajstić information content (AvgIpc) is 3.26. The molecule has 1 aromatic heterocycles. The third-order valence-electron chi connectivity index (χ3n) is 9.06. The van der Waals surface area contributed by atoms with Gasteiger partial charge in [0.1, 0.15) is 24.4 Å². The molecule has 11 nitrogen and oxygen atoms in total. The number of rotatable bonds is 10. The lowest BCUT2D eigenvalue weighted by atomic mass is 9.85. The first kappa shape index (κ1) is 33.2. The third kappa shape index (κ3) is 6.99. The van der Waals surface area contributed by atoms with Gasteiger partial charge in [-0.3, -0.25) is 29.0 Å². The summed E-state index contributed by atoms with van der Waals surface area (Å²) < 4.78 is 45.0. The lowest BCUT2D eigenvalue weighted by molar-refractivity contribution is -0.176. The number of nitrogens with one attached hydrogen (secondary N) is 3. The fourth-order valence-electron chi connectivity index (χ4n) is 6.32. The first-order valence-corrected chi connectivity index (χ1v) is 14.7. The van der Waals surface area contributed by atoms with Crippen LogP contribution in [0.3, 0.4) is 0 Å². The quantitative estimate of drug-likeness (QED) is 0.361.